The van der Waals surface area contributed by atoms with Gasteiger partial charge in [0.25, 0.3) is 0 Å². The maximum Gasteiger partial charge on any atom is 0.161 e. The van der Waals surface area contributed by atoms with Crippen molar-refractivity contribution in [1.82, 2.24) is 0 Å². The van der Waals surface area contributed by atoms with Crippen molar-refractivity contribution in [2.45, 2.75) is 18.9 Å². The lowest BCUT2D eigenvalue weighted by atomic mass is 10.2. The van der Waals surface area contributed by atoms with Crippen LogP contribution in [0.2, 0.25) is 0 Å². The maximum absolute atomic E-state index is 10.5. The average Bonchev–Trinajstić information content (AvgIpc) is 2.26. The summed E-state index contributed by atoms with van der Waals surface area (Å²) in [6.45, 7) is 0.449. The van der Waals surface area contributed by atoms with E-state index in [1.165, 1.54) is 0 Å². The van der Waals surface area contributed by atoms with Crippen molar-refractivity contribution in [3.05, 3.63) is 24.3 Å². The van der Waals surface area contributed by atoms with E-state index < -0.39 is 5.90 Å². The number of para-hydroxylation sites is 2. The third-order valence-corrected chi connectivity index (χ3v) is 2.26. The zero-order valence-electron chi connectivity index (χ0n) is 8.64. The Morgan fingerprint density at radius 1 is 1.38 bits per heavy atom. The zero-order chi connectivity index (χ0) is 10.7. The van der Waals surface area contributed by atoms with Gasteiger partial charge in [0.15, 0.2) is 11.5 Å². The van der Waals surface area contributed by atoms with Crippen molar-refractivity contribution < 1.29 is 14.6 Å². The number of hydrogen-bond acceptors (Lipinski definition) is 4. The first kappa shape index (κ1) is 12.6. The molecule has 0 fully saturated rings. The second-order valence-electron chi connectivity index (χ2n) is 3.46. The molecule has 1 aliphatic rings. The zero-order valence-corrected chi connectivity index (χ0v) is 9.46. The van der Waals surface area contributed by atoms with Crippen LogP contribution in [-0.2, 0) is 0 Å². The van der Waals surface area contributed by atoms with E-state index in [9.17, 15) is 5.11 Å². The highest BCUT2D eigenvalue weighted by Gasteiger charge is 2.19. The van der Waals surface area contributed by atoms with Gasteiger partial charge in [-0.2, -0.15) is 0 Å². The molecule has 0 saturated carbocycles. The number of rotatable bonds is 3. The molecule has 2 rings (SSSR count). The van der Waals surface area contributed by atoms with Gasteiger partial charge < -0.3 is 20.0 Å². The topological polar surface area (TPSA) is 65.4 Å². The molecule has 0 aliphatic carbocycles. The van der Waals surface area contributed by atoms with Crippen LogP contribution >= 0.6 is 12.4 Å². The molecule has 0 aromatic heterocycles. The molecule has 0 saturated heterocycles. The third kappa shape index (κ3) is 3.03. The maximum atomic E-state index is 10.5. The molecule has 0 bridgehead atoms. The minimum Gasteiger partial charge on any atom is -0.862 e. The fraction of sp³-hybridized carbons (Fsp3) is 0.364. The molecule has 4 nitrogen and oxygen atoms in total. The van der Waals surface area contributed by atoms with Crippen LogP contribution < -0.4 is 14.6 Å². The highest BCUT2D eigenvalue weighted by atomic mass is 35.5. The Morgan fingerprint density at radius 2 is 2.06 bits per heavy atom. The molecular weight excluding hydrogens is 230 g/mol. The van der Waals surface area contributed by atoms with Crippen molar-refractivity contribution in [1.29, 1.82) is 5.41 Å². The predicted octanol–water partition coefficient (Wildman–Crippen LogP) is 1.37. The fourth-order valence-corrected chi connectivity index (χ4v) is 1.50. The van der Waals surface area contributed by atoms with Crippen molar-refractivity contribution in [2.24, 2.45) is 0 Å². The standard InChI is InChI=1S/C11H13NO3.ClH/c12-11(13)6-5-8-7-14-9-3-1-2-4-10(9)15-8;/h1-4,8H,5-7H2,(H2,12,13);1H/p-1. The van der Waals surface area contributed by atoms with E-state index in [1.54, 1.807) is 0 Å². The van der Waals surface area contributed by atoms with Crippen LogP contribution in [-0.4, -0.2) is 18.6 Å². The lowest BCUT2D eigenvalue weighted by Crippen LogP contribution is -2.30. The Morgan fingerprint density at radius 3 is 2.75 bits per heavy atom. The molecule has 0 radical (unpaired) electrons. The van der Waals surface area contributed by atoms with E-state index in [1.807, 2.05) is 24.3 Å². The van der Waals surface area contributed by atoms with Gasteiger partial charge >= 0.3 is 0 Å². The van der Waals surface area contributed by atoms with E-state index in [0.29, 0.717) is 18.8 Å². The summed E-state index contributed by atoms with van der Waals surface area (Å²) in [5.74, 6) is 0.898. The molecule has 1 heterocycles. The van der Waals surface area contributed by atoms with Gasteiger partial charge in [0.1, 0.15) is 12.7 Å². The minimum atomic E-state index is -0.558. The van der Waals surface area contributed by atoms with Gasteiger partial charge in [0, 0.05) is 0 Å². The first-order valence-corrected chi connectivity index (χ1v) is 4.88. The van der Waals surface area contributed by atoms with Crippen LogP contribution in [0.15, 0.2) is 24.3 Å². The summed E-state index contributed by atoms with van der Waals surface area (Å²) < 4.78 is 11.1. The first-order valence-electron chi connectivity index (χ1n) is 4.88. The molecule has 1 aromatic rings. The lowest BCUT2D eigenvalue weighted by Gasteiger charge is -2.26. The number of benzene rings is 1. The van der Waals surface area contributed by atoms with Crippen LogP contribution in [0.5, 0.6) is 11.5 Å². The van der Waals surface area contributed by atoms with E-state index in [2.05, 4.69) is 0 Å². The van der Waals surface area contributed by atoms with Crippen LogP contribution in [0.4, 0.5) is 0 Å². The molecule has 1 aromatic carbocycles. The van der Waals surface area contributed by atoms with E-state index in [4.69, 9.17) is 14.9 Å². The number of hydrogen-bond donors (Lipinski definition) is 1. The molecule has 1 atom stereocenters. The quantitative estimate of drug-likeness (QED) is 0.643. The van der Waals surface area contributed by atoms with Crippen LogP contribution in [0.25, 0.3) is 0 Å². The second-order valence-corrected chi connectivity index (χ2v) is 3.46. The van der Waals surface area contributed by atoms with Gasteiger partial charge in [0.2, 0.25) is 0 Å². The Bertz CT molecular complexity index is 370. The van der Waals surface area contributed by atoms with Crippen molar-refractivity contribution >= 4 is 18.3 Å². The molecule has 88 valence electrons. The highest BCUT2D eigenvalue weighted by Crippen LogP contribution is 2.31. The van der Waals surface area contributed by atoms with E-state index in [-0.39, 0.29) is 24.9 Å². The first-order chi connectivity index (χ1) is 7.25. The SMILES string of the molecule is Cl.N=C([O-])CCC1COc2ccccc2O1. The van der Waals surface area contributed by atoms with Gasteiger partial charge in [-0.15, -0.1) is 12.4 Å². The molecular formula is C11H13ClNO3-. The Labute approximate surface area is 100 Å². The van der Waals surface area contributed by atoms with Crippen LogP contribution in [0.1, 0.15) is 12.8 Å². The lowest BCUT2D eigenvalue weighted by molar-refractivity contribution is -0.221. The van der Waals surface area contributed by atoms with Crippen molar-refractivity contribution in [3.63, 3.8) is 0 Å². The number of ether oxygens (including phenoxy) is 2. The summed E-state index contributed by atoms with van der Waals surface area (Å²) in [6.07, 6.45) is 0.640. The van der Waals surface area contributed by atoms with Crippen molar-refractivity contribution in [2.75, 3.05) is 6.61 Å². The Hall–Kier alpha value is -1.42. The molecule has 0 amide bonds. The average molecular weight is 243 g/mol. The summed E-state index contributed by atoms with van der Waals surface area (Å²) in [7, 11) is 0. The smallest absolute Gasteiger partial charge is 0.161 e. The highest BCUT2D eigenvalue weighted by molar-refractivity contribution is 5.85. The fourth-order valence-electron chi connectivity index (χ4n) is 1.50. The van der Waals surface area contributed by atoms with Crippen molar-refractivity contribution in [3.8, 4) is 11.5 Å². The number of halogens is 1. The Kier molecular flexibility index (Phi) is 4.43. The number of nitrogens with one attached hydrogen (secondary N) is 1. The summed E-state index contributed by atoms with van der Waals surface area (Å²) >= 11 is 0. The van der Waals surface area contributed by atoms with E-state index in [0.717, 1.165) is 5.75 Å². The normalized spacial score (nSPS) is 17.4. The summed E-state index contributed by atoms with van der Waals surface area (Å²) in [5.41, 5.74) is 0. The molecule has 16 heavy (non-hydrogen) atoms. The predicted molar refractivity (Wildman–Crippen MR) is 60.6 cm³/mol. The van der Waals surface area contributed by atoms with Gasteiger partial charge in [-0.05, 0) is 30.9 Å². The summed E-state index contributed by atoms with van der Waals surface area (Å²) in [6, 6.07) is 7.45. The third-order valence-electron chi connectivity index (χ3n) is 2.26. The second kappa shape index (κ2) is 5.61. The van der Waals surface area contributed by atoms with Gasteiger partial charge in [0.05, 0.1) is 0 Å². The number of fused-ring (bicyclic) bond motifs is 1. The van der Waals surface area contributed by atoms with Crippen LogP contribution in [0, 0.1) is 5.41 Å². The monoisotopic (exact) mass is 242 g/mol. The van der Waals surface area contributed by atoms with E-state index >= 15 is 0 Å². The summed E-state index contributed by atoms with van der Waals surface area (Å²) in [4.78, 5) is 0. The molecule has 1 unspecified atom stereocenters. The largest absolute Gasteiger partial charge is 0.862 e. The molecule has 0 spiro atoms. The Balaban J connectivity index is 0.00000128. The van der Waals surface area contributed by atoms with Gasteiger partial charge in [-0.25, -0.2) is 0 Å². The van der Waals surface area contributed by atoms with Crippen LogP contribution in [0.3, 0.4) is 0 Å². The molecule has 5 heteroatoms. The summed E-state index contributed by atoms with van der Waals surface area (Å²) in [5, 5.41) is 17.3. The molecule has 1 N–H and O–H groups in total. The molecule has 1 aliphatic heterocycles. The van der Waals surface area contributed by atoms with Gasteiger partial charge in [-0.1, -0.05) is 12.1 Å². The minimum absolute atomic E-state index is 0. The van der Waals surface area contributed by atoms with Gasteiger partial charge in [-0.3, -0.25) is 0 Å².